The largest absolute Gasteiger partial charge is 0.323 e. The molecule has 0 aromatic heterocycles. The SMILES string of the molecule is CCCN(CCC)CCN(CCSc1ccc(C)cc1)C(=O)N(CCN(CCC)CCC)C(C)C. The van der Waals surface area contributed by atoms with Gasteiger partial charge in [0.1, 0.15) is 0 Å². The van der Waals surface area contributed by atoms with Crippen LogP contribution >= 0.6 is 11.8 Å². The highest BCUT2D eigenvalue weighted by molar-refractivity contribution is 7.99. The topological polar surface area (TPSA) is 30.0 Å². The van der Waals surface area contributed by atoms with Crippen LogP contribution < -0.4 is 0 Å². The smallest absolute Gasteiger partial charge is 0.320 e. The first kappa shape index (κ1) is 31.8. The van der Waals surface area contributed by atoms with Crippen molar-refractivity contribution < 1.29 is 4.79 Å². The van der Waals surface area contributed by atoms with Crippen LogP contribution in [-0.4, -0.2) is 96.3 Å². The molecular formula is C29H54N4OS. The average Bonchev–Trinajstić information content (AvgIpc) is 2.82. The van der Waals surface area contributed by atoms with Gasteiger partial charge in [-0.2, -0.15) is 0 Å². The molecule has 35 heavy (non-hydrogen) atoms. The number of nitrogens with zero attached hydrogens (tertiary/aromatic N) is 4. The van der Waals surface area contributed by atoms with E-state index in [1.54, 1.807) is 0 Å². The van der Waals surface area contributed by atoms with Crippen molar-refractivity contribution in [1.82, 2.24) is 19.6 Å². The molecular weight excluding hydrogens is 452 g/mol. The first-order chi connectivity index (χ1) is 16.9. The summed E-state index contributed by atoms with van der Waals surface area (Å²) in [5.74, 6) is 0.917. The van der Waals surface area contributed by atoms with Gasteiger partial charge in [-0.05, 0) is 84.8 Å². The first-order valence-corrected chi connectivity index (χ1v) is 15.0. The molecule has 0 aliphatic rings. The van der Waals surface area contributed by atoms with Crippen molar-refractivity contribution in [3.8, 4) is 0 Å². The number of thioether (sulfide) groups is 1. The Hall–Kier alpha value is -1.24. The predicted molar refractivity (Wildman–Crippen MR) is 155 cm³/mol. The zero-order chi connectivity index (χ0) is 26.1. The molecule has 1 rings (SSSR count). The Labute approximate surface area is 221 Å². The second-order valence-corrected chi connectivity index (χ2v) is 11.1. The van der Waals surface area contributed by atoms with Crippen LogP contribution in [-0.2, 0) is 0 Å². The number of hydrogen-bond donors (Lipinski definition) is 0. The standard InChI is InChI=1S/C29H54N4OS/c1-8-16-30(17-9-2)20-22-32(24-25-35-28-14-12-27(7)13-15-28)29(34)33(26(5)6)23-21-31(18-10-3)19-11-4/h12-15,26H,8-11,16-25H2,1-7H3. The number of carbonyl (C=O) groups excluding carboxylic acids is 1. The number of urea groups is 1. The molecule has 0 aliphatic carbocycles. The average molecular weight is 507 g/mol. The van der Waals surface area contributed by atoms with Gasteiger partial charge >= 0.3 is 6.03 Å². The fourth-order valence-electron chi connectivity index (χ4n) is 4.41. The Morgan fingerprint density at radius 1 is 0.714 bits per heavy atom. The molecule has 5 nitrogen and oxygen atoms in total. The van der Waals surface area contributed by atoms with E-state index in [0.29, 0.717) is 0 Å². The van der Waals surface area contributed by atoms with Gasteiger partial charge in [-0.1, -0.05) is 45.4 Å². The molecule has 1 aromatic carbocycles. The summed E-state index contributed by atoms with van der Waals surface area (Å²) in [7, 11) is 0. The third-order valence-electron chi connectivity index (χ3n) is 6.29. The molecule has 0 bridgehead atoms. The molecule has 0 fully saturated rings. The normalized spacial score (nSPS) is 11.6. The van der Waals surface area contributed by atoms with Gasteiger partial charge in [-0.3, -0.25) is 0 Å². The lowest BCUT2D eigenvalue weighted by molar-refractivity contribution is 0.126. The van der Waals surface area contributed by atoms with Crippen molar-refractivity contribution in [3.05, 3.63) is 29.8 Å². The Balaban J connectivity index is 2.88. The van der Waals surface area contributed by atoms with E-state index in [9.17, 15) is 4.79 Å². The Morgan fingerprint density at radius 2 is 1.20 bits per heavy atom. The number of rotatable bonds is 19. The second-order valence-electron chi connectivity index (χ2n) is 9.90. The Bertz CT molecular complexity index is 655. The van der Waals surface area contributed by atoms with Crippen molar-refractivity contribution in [2.24, 2.45) is 0 Å². The molecule has 6 heteroatoms. The fourth-order valence-corrected chi connectivity index (χ4v) is 5.29. The lowest BCUT2D eigenvalue weighted by Gasteiger charge is -2.36. The van der Waals surface area contributed by atoms with Crippen LogP contribution in [0.1, 0.15) is 72.8 Å². The van der Waals surface area contributed by atoms with E-state index >= 15 is 0 Å². The van der Waals surface area contributed by atoms with Gasteiger partial charge in [0, 0.05) is 49.4 Å². The zero-order valence-corrected chi connectivity index (χ0v) is 24.7. The minimum absolute atomic E-state index is 0.197. The summed E-state index contributed by atoms with van der Waals surface area (Å²) in [6.45, 7) is 24.1. The van der Waals surface area contributed by atoms with Gasteiger partial charge in [-0.25, -0.2) is 4.79 Å². The molecule has 0 heterocycles. The van der Waals surface area contributed by atoms with Crippen LogP contribution in [0.5, 0.6) is 0 Å². The summed E-state index contributed by atoms with van der Waals surface area (Å²) in [5, 5.41) is 0. The van der Waals surface area contributed by atoms with E-state index in [2.05, 4.69) is 92.3 Å². The van der Waals surface area contributed by atoms with Crippen molar-refractivity contribution in [3.63, 3.8) is 0 Å². The van der Waals surface area contributed by atoms with Crippen LogP contribution in [0.25, 0.3) is 0 Å². The highest BCUT2D eigenvalue weighted by Crippen LogP contribution is 2.19. The quantitative estimate of drug-likeness (QED) is 0.201. The highest BCUT2D eigenvalue weighted by Gasteiger charge is 2.24. The van der Waals surface area contributed by atoms with Crippen LogP contribution in [0.2, 0.25) is 0 Å². The molecule has 0 spiro atoms. The molecule has 0 saturated carbocycles. The van der Waals surface area contributed by atoms with Crippen molar-refractivity contribution in [2.45, 2.75) is 85.1 Å². The molecule has 0 aliphatic heterocycles. The van der Waals surface area contributed by atoms with E-state index in [0.717, 1.165) is 90.3 Å². The van der Waals surface area contributed by atoms with E-state index in [1.807, 2.05) is 11.8 Å². The van der Waals surface area contributed by atoms with Gasteiger partial charge in [0.25, 0.3) is 0 Å². The third kappa shape index (κ3) is 13.0. The minimum atomic E-state index is 0.197. The van der Waals surface area contributed by atoms with Crippen LogP contribution in [0.4, 0.5) is 4.79 Å². The van der Waals surface area contributed by atoms with Crippen molar-refractivity contribution in [2.75, 3.05) is 64.7 Å². The molecule has 0 atom stereocenters. The van der Waals surface area contributed by atoms with Crippen LogP contribution in [0, 0.1) is 6.92 Å². The molecule has 202 valence electrons. The summed E-state index contributed by atoms with van der Waals surface area (Å²) in [4.78, 5) is 24.3. The van der Waals surface area contributed by atoms with E-state index in [1.165, 1.54) is 10.5 Å². The molecule has 0 radical (unpaired) electrons. The van der Waals surface area contributed by atoms with E-state index in [-0.39, 0.29) is 12.1 Å². The first-order valence-electron chi connectivity index (χ1n) is 14.1. The van der Waals surface area contributed by atoms with Crippen LogP contribution in [0.15, 0.2) is 29.2 Å². The van der Waals surface area contributed by atoms with Gasteiger partial charge in [0.05, 0.1) is 0 Å². The molecule has 1 aromatic rings. The van der Waals surface area contributed by atoms with Crippen LogP contribution in [0.3, 0.4) is 0 Å². The summed E-state index contributed by atoms with van der Waals surface area (Å²) in [5.41, 5.74) is 1.28. The Kier molecular flexibility index (Phi) is 17.2. The number of aryl methyl sites for hydroxylation is 1. The molecule has 2 amide bonds. The Morgan fingerprint density at radius 3 is 1.66 bits per heavy atom. The predicted octanol–water partition coefficient (Wildman–Crippen LogP) is 6.46. The second kappa shape index (κ2) is 18.9. The number of carbonyl (C=O) groups is 1. The summed E-state index contributed by atoms with van der Waals surface area (Å²) in [6.07, 6.45) is 4.62. The lowest BCUT2D eigenvalue weighted by Crippen LogP contribution is -2.51. The maximum absolute atomic E-state index is 13.8. The summed E-state index contributed by atoms with van der Waals surface area (Å²) < 4.78 is 0. The lowest BCUT2D eigenvalue weighted by atomic mass is 10.2. The number of benzene rings is 1. The maximum Gasteiger partial charge on any atom is 0.320 e. The molecule has 0 saturated heterocycles. The third-order valence-corrected chi connectivity index (χ3v) is 7.29. The van der Waals surface area contributed by atoms with Gasteiger partial charge in [-0.15, -0.1) is 11.8 Å². The molecule has 0 N–H and O–H groups in total. The van der Waals surface area contributed by atoms with Crippen molar-refractivity contribution in [1.29, 1.82) is 0 Å². The minimum Gasteiger partial charge on any atom is -0.323 e. The van der Waals surface area contributed by atoms with Gasteiger partial charge in [0.2, 0.25) is 0 Å². The monoisotopic (exact) mass is 506 g/mol. The fraction of sp³-hybridized carbons (Fsp3) is 0.759. The van der Waals surface area contributed by atoms with Gasteiger partial charge < -0.3 is 19.6 Å². The van der Waals surface area contributed by atoms with Gasteiger partial charge in [0.15, 0.2) is 0 Å². The summed E-state index contributed by atoms with van der Waals surface area (Å²) in [6, 6.07) is 9.10. The zero-order valence-electron chi connectivity index (χ0n) is 23.9. The highest BCUT2D eigenvalue weighted by atomic mass is 32.2. The van der Waals surface area contributed by atoms with Crippen molar-refractivity contribution >= 4 is 17.8 Å². The van der Waals surface area contributed by atoms with E-state index in [4.69, 9.17) is 0 Å². The maximum atomic E-state index is 13.8. The summed E-state index contributed by atoms with van der Waals surface area (Å²) >= 11 is 1.85. The number of hydrogen-bond acceptors (Lipinski definition) is 4. The van der Waals surface area contributed by atoms with E-state index < -0.39 is 0 Å². The number of amides is 2. The molecule has 0 unspecified atom stereocenters.